The van der Waals surface area contributed by atoms with E-state index in [0.717, 1.165) is 29.0 Å². The predicted octanol–water partition coefficient (Wildman–Crippen LogP) is 3.98. The summed E-state index contributed by atoms with van der Waals surface area (Å²) in [6.45, 7) is 3.50. The molecule has 0 saturated heterocycles. The van der Waals surface area contributed by atoms with Crippen LogP contribution in [-0.2, 0) is 13.2 Å². The van der Waals surface area contributed by atoms with Gasteiger partial charge in [0.1, 0.15) is 11.5 Å². The second-order valence-corrected chi connectivity index (χ2v) is 5.52. The van der Waals surface area contributed by atoms with E-state index in [4.69, 9.17) is 19.7 Å². The molecule has 3 rings (SSSR count). The second kappa shape index (κ2) is 9.79. The molecule has 0 fully saturated rings. The van der Waals surface area contributed by atoms with Crippen molar-refractivity contribution < 1.29 is 14.0 Å². The average molecular weight is 376 g/mol. The van der Waals surface area contributed by atoms with Gasteiger partial charge in [0.05, 0.1) is 6.61 Å². The molecule has 2 aromatic carbocycles. The second-order valence-electron chi connectivity index (χ2n) is 5.52. The predicted molar refractivity (Wildman–Crippen MR) is 101 cm³/mol. The quantitative estimate of drug-likeness (QED) is 0.641. The Morgan fingerprint density at radius 1 is 0.962 bits per heavy atom. The van der Waals surface area contributed by atoms with Crippen molar-refractivity contribution in [3.8, 4) is 22.9 Å². The highest BCUT2D eigenvalue weighted by Gasteiger charge is 2.09. The highest BCUT2D eigenvalue weighted by molar-refractivity contribution is 5.85. The van der Waals surface area contributed by atoms with E-state index in [1.165, 1.54) is 0 Å². The largest absolute Gasteiger partial charge is 0.494 e. The fourth-order valence-corrected chi connectivity index (χ4v) is 2.22. The van der Waals surface area contributed by atoms with Crippen LogP contribution in [0.2, 0.25) is 0 Å². The van der Waals surface area contributed by atoms with E-state index < -0.39 is 0 Å². The van der Waals surface area contributed by atoms with Gasteiger partial charge >= 0.3 is 0 Å². The third-order valence-electron chi connectivity index (χ3n) is 3.57. The van der Waals surface area contributed by atoms with Crippen molar-refractivity contribution in [3.63, 3.8) is 0 Å². The van der Waals surface area contributed by atoms with Crippen molar-refractivity contribution in [1.82, 2.24) is 10.1 Å². The van der Waals surface area contributed by atoms with Crippen molar-refractivity contribution in [2.75, 3.05) is 6.61 Å². The van der Waals surface area contributed by atoms with Gasteiger partial charge in [-0.15, -0.1) is 12.4 Å². The van der Waals surface area contributed by atoms with Crippen LogP contribution in [0, 0.1) is 0 Å². The molecule has 0 saturated carbocycles. The van der Waals surface area contributed by atoms with E-state index in [0.29, 0.717) is 24.9 Å². The first kappa shape index (κ1) is 19.8. The molecule has 0 amide bonds. The first-order valence-electron chi connectivity index (χ1n) is 8.26. The van der Waals surface area contributed by atoms with E-state index in [-0.39, 0.29) is 19.0 Å². The minimum atomic E-state index is 0. The van der Waals surface area contributed by atoms with Gasteiger partial charge < -0.3 is 19.7 Å². The molecule has 26 heavy (non-hydrogen) atoms. The van der Waals surface area contributed by atoms with E-state index in [1.54, 1.807) is 0 Å². The molecule has 1 heterocycles. The normalized spacial score (nSPS) is 10.2. The Labute approximate surface area is 158 Å². The molecule has 0 bridgehead atoms. The molecule has 7 heteroatoms. The molecular formula is C19H22ClN3O3. The van der Waals surface area contributed by atoms with Crippen LogP contribution < -0.4 is 15.2 Å². The van der Waals surface area contributed by atoms with Crippen LogP contribution in [0.5, 0.6) is 11.5 Å². The fraction of sp³-hybridized carbons (Fsp3) is 0.263. The lowest BCUT2D eigenvalue weighted by atomic mass is 10.1. The summed E-state index contributed by atoms with van der Waals surface area (Å²) in [5, 5.41) is 3.98. The number of nitrogens with zero attached hydrogens (tertiary/aromatic N) is 2. The molecule has 0 unspecified atom stereocenters. The zero-order valence-corrected chi connectivity index (χ0v) is 15.4. The summed E-state index contributed by atoms with van der Waals surface area (Å²) in [5.41, 5.74) is 7.53. The number of rotatable bonds is 8. The summed E-state index contributed by atoms with van der Waals surface area (Å²) < 4.78 is 16.4. The minimum Gasteiger partial charge on any atom is -0.494 e. The monoisotopic (exact) mass is 375 g/mol. The molecule has 2 N–H and O–H groups in total. The van der Waals surface area contributed by atoms with E-state index in [2.05, 4.69) is 17.1 Å². The Morgan fingerprint density at radius 2 is 1.62 bits per heavy atom. The molecule has 0 aliphatic rings. The summed E-state index contributed by atoms with van der Waals surface area (Å²) in [6.07, 6.45) is 0.979. The molecule has 0 aliphatic carbocycles. The molecule has 0 spiro atoms. The Balaban J connectivity index is 0.00000243. The van der Waals surface area contributed by atoms with Crippen molar-refractivity contribution in [3.05, 3.63) is 60.0 Å². The Kier molecular flexibility index (Phi) is 7.44. The number of hydrogen-bond acceptors (Lipinski definition) is 6. The van der Waals surface area contributed by atoms with Gasteiger partial charge in [-0.2, -0.15) is 4.98 Å². The maximum Gasteiger partial charge on any atom is 0.264 e. The van der Waals surface area contributed by atoms with Crippen LogP contribution in [0.4, 0.5) is 0 Å². The van der Waals surface area contributed by atoms with Gasteiger partial charge in [0.15, 0.2) is 6.61 Å². The summed E-state index contributed by atoms with van der Waals surface area (Å²) in [6, 6.07) is 15.2. The molecule has 6 nitrogen and oxygen atoms in total. The molecular weight excluding hydrogens is 354 g/mol. The zero-order chi connectivity index (χ0) is 17.5. The lowest BCUT2D eigenvalue weighted by Gasteiger charge is -2.06. The lowest BCUT2D eigenvalue weighted by Crippen LogP contribution is -1.97. The number of hydrogen-bond donors (Lipinski definition) is 1. The van der Waals surface area contributed by atoms with Gasteiger partial charge in [-0.3, -0.25) is 0 Å². The van der Waals surface area contributed by atoms with E-state index in [9.17, 15) is 0 Å². The number of benzene rings is 2. The molecule has 3 aromatic rings. The van der Waals surface area contributed by atoms with Crippen molar-refractivity contribution >= 4 is 12.4 Å². The van der Waals surface area contributed by atoms with E-state index in [1.807, 2.05) is 48.5 Å². The Morgan fingerprint density at radius 3 is 2.23 bits per heavy atom. The topological polar surface area (TPSA) is 83.4 Å². The van der Waals surface area contributed by atoms with Crippen LogP contribution in [0.25, 0.3) is 11.4 Å². The lowest BCUT2D eigenvalue weighted by molar-refractivity contribution is 0.242. The summed E-state index contributed by atoms with van der Waals surface area (Å²) in [7, 11) is 0. The molecule has 0 aliphatic heterocycles. The molecule has 0 atom stereocenters. The van der Waals surface area contributed by atoms with Crippen LogP contribution in [0.1, 0.15) is 24.8 Å². The van der Waals surface area contributed by atoms with E-state index >= 15 is 0 Å². The van der Waals surface area contributed by atoms with Gasteiger partial charge in [-0.25, -0.2) is 0 Å². The van der Waals surface area contributed by atoms with Crippen molar-refractivity contribution in [2.24, 2.45) is 5.73 Å². The number of aromatic nitrogens is 2. The van der Waals surface area contributed by atoms with Crippen molar-refractivity contribution in [2.45, 2.75) is 26.5 Å². The van der Waals surface area contributed by atoms with Crippen LogP contribution in [0.15, 0.2) is 53.1 Å². The standard InChI is InChI=1S/C19H21N3O3.ClH/c1-2-11-23-16-7-9-17(10-8-16)24-13-18-21-19(22-25-18)15-5-3-14(12-20)4-6-15;/h3-10H,2,11-13,20H2,1H3;1H. The third-order valence-corrected chi connectivity index (χ3v) is 3.57. The first-order chi connectivity index (χ1) is 12.3. The van der Waals surface area contributed by atoms with Gasteiger partial charge in [0, 0.05) is 12.1 Å². The maximum absolute atomic E-state index is 5.67. The van der Waals surface area contributed by atoms with Crippen LogP contribution in [-0.4, -0.2) is 16.7 Å². The van der Waals surface area contributed by atoms with Gasteiger partial charge in [-0.1, -0.05) is 36.3 Å². The molecule has 138 valence electrons. The minimum absolute atomic E-state index is 0. The van der Waals surface area contributed by atoms with Gasteiger partial charge in [0.2, 0.25) is 5.82 Å². The smallest absolute Gasteiger partial charge is 0.264 e. The fourth-order valence-electron chi connectivity index (χ4n) is 2.22. The van der Waals surface area contributed by atoms with Crippen LogP contribution in [0.3, 0.4) is 0 Å². The Hall–Kier alpha value is -2.57. The van der Waals surface area contributed by atoms with Crippen LogP contribution >= 0.6 is 12.4 Å². The van der Waals surface area contributed by atoms with Gasteiger partial charge in [0.25, 0.3) is 5.89 Å². The summed E-state index contributed by atoms with van der Waals surface area (Å²) in [5.74, 6) is 2.50. The molecule has 1 aromatic heterocycles. The number of ether oxygens (including phenoxy) is 2. The SMILES string of the molecule is CCCOc1ccc(OCc2nc(-c3ccc(CN)cc3)no2)cc1.Cl. The zero-order valence-electron chi connectivity index (χ0n) is 14.6. The average Bonchev–Trinajstić information content (AvgIpc) is 3.14. The highest BCUT2D eigenvalue weighted by Crippen LogP contribution is 2.20. The Bertz CT molecular complexity index is 789. The van der Waals surface area contributed by atoms with Crippen molar-refractivity contribution in [1.29, 1.82) is 0 Å². The summed E-state index contributed by atoms with van der Waals surface area (Å²) in [4.78, 5) is 4.35. The molecule has 0 radical (unpaired) electrons. The highest BCUT2D eigenvalue weighted by atomic mass is 35.5. The summed E-state index contributed by atoms with van der Waals surface area (Å²) >= 11 is 0. The van der Waals surface area contributed by atoms with Gasteiger partial charge in [-0.05, 0) is 36.2 Å². The number of nitrogens with two attached hydrogens (primary N) is 1. The maximum atomic E-state index is 5.67. The third kappa shape index (κ3) is 5.21. The first-order valence-corrected chi connectivity index (χ1v) is 8.26. The number of halogens is 1.